The van der Waals surface area contributed by atoms with Gasteiger partial charge in [0.25, 0.3) is 0 Å². The van der Waals surface area contributed by atoms with Crippen molar-refractivity contribution in [1.29, 1.82) is 0 Å². The summed E-state index contributed by atoms with van der Waals surface area (Å²) in [5.41, 5.74) is 2.17. The number of halogens is 1. The van der Waals surface area contributed by atoms with Gasteiger partial charge in [0, 0.05) is 18.2 Å². The molecule has 0 saturated carbocycles. The first-order chi connectivity index (χ1) is 11.0. The molecule has 0 spiro atoms. The smallest absolute Gasteiger partial charge is 0.202 e. The third-order valence-electron chi connectivity index (χ3n) is 3.65. The van der Waals surface area contributed by atoms with Crippen molar-refractivity contribution in [2.45, 2.75) is 13.2 Å². The molecule has 0 radical (unpaired) electrons. The Morgan fingerprint density at radius 2 is 2.00 bits per heavy atom. The minimum atomic E-state index is -0.255. The summed E-state index contributed by atoms with van der Waals surface area (Å²) >= 11 is 7.19. The van der Waals surface area contributed by atoms with E-state index in [9.17, 15) is 4.39 Å². The molecule has 1 aromatic carbocycles. The minimum absolute atomic E-state index is 0.255. The van der Waals surface area contributed by atoms with Gasteiger partial charge in [-0.1, -0.05) is 0 Å². The SMILES string of the molecule is Cn1c(-c2ccc(F)cc2)nn(C[NH+](C)Cc2ccsc2)c1=S. The van der Waals surface area contributed by atoms with Crippen molar-refractivity contribution in [3.63, 3.8) is 0 Å². The molecule has 0 aliphatic heterocycles. The van der Waals surface area contributed by atoms with Gasteiger partial charge in [-0.3, -0.25) is 0 Å². The van der Waals surface area contributed by atoms with E-state index in [1.165, 1.54) is 22.6 Å². The van der Waals surface area contributed by atoms with Gasteiger partial charge < -0.3 is 9.47 Å². The average Bonchev–Trinajstić information content (AvgIpc) is 3.12. The first-order valence-corrected chi connectivity index (χ1v) is 8.62. The fraction of sp³-hybridized carbons (Fsp3) is 0.250. The van der Waals surface area contributed by atoms with Gasteiger partial charge in [-0.05, 0) is 53.3 Å². The number of nitrogens with zero attached hydrogens (tertiary/aromatic N) is 3. The Balaban J connectivity index is 1.82. The zero-order chi connectivity index (χ0) is 16.4. The number of thiophene rings is 1. The zero-order valence-corrected chi connectivity index (χ0v) is 14.6. The van der Waals surface area contributed by atoms with Gasteiger partial charge in [0.1, 0.15) is 12.4 Å². The molecule has 0 bridgehead atoms. The molecule has 1 N–H and O–H groups in total. The molecule has 1 atom stereocenters. The van der Waals surface area contributed by atoms with Gasteiger partial charge in [-0.25, -0.2) is 4.39 Å². The highest BCUT2D eigenvalue weighted by molar-refractivity contribution is 7.71. The van der Waals surface area contributed by atoms with Crippen LogP contribution in [0.2, 0.25) is 0 Å². The van der Waals surface area contributed by atoms with Gasteiger partial charge in [-0.15, -0.1) is 5.10 Å². The van der Waals surface area contributed by atoms with Crippen LogP contribution in [0.25, 0.3) is 11.4 Å². The fourth-order valence-electron chi connectivity index (χ4n) is 2.49. The number of hydrogen-bond donors (Lipinski definition) is 1. The van der Waals surface area contributed by atoms with Gasteiger partial charge >= 0.3 is 0 Å². The van der Waals surface area contributed by atoms with Crippen LogP contribution < -0.4 is 4.90 Å². The lowest BCUT2D eigenvalue weighted by Gasteiger charge is -2.12. The summed E-state index contributed by atoms with van der Waals surface area (Å²) in [5.74, 6) is 0.493. The summed E-state index contributed by atoms with van der Waals surface area (Å²) in [6.07, 6.45) is 0. The second kappa shape index (κ2) is 6.74. The van der Waals surface area contributed by atoms with Crippen LogP contribution in [0.4, 0.5) is 4.39 Å². The van der Waals surface area contributed by atoms with Crippen LogP contribution in [0.15, 0.2) is 41.1 Å². The molecule has 3 rings (SSSR count). The standard InChI is InChI=1S/C16H17FN4S2/c1-19(9-12-7-8-23-10-12)11-21-16(22)20(2)15(18-21)13-3-5-14(17)6-4-13/h3-8,10H,9,11H2,1-2H3/p+1. The Morgan fingerprint density at radius 3 is 2.65 bits per heavy atom. The first-order valence-electron chi connectivity index (χ1n) is 7.27. The third kappa shape index (κ3) is 3.57. The molecule has 0 aliphatic rings. The van der Waals surface area contributed by atoms with E-state index in [4.69, 9.17) is 12.2 Å². The Labute approximate surface area is 143 Å². The topological polar surface area (TPSA) is 27.2 Å². The summed E-state index contributed by atoms with van der Waals surface area (Å²) in [4.78, 5) is 1.29. The maximum absolute atomic E-state index is 13.1. The molecule has 4 nitrogen and oxygen atoms in total. The summed E-state index contributed by atoms with van der Waals surface area (Å²) in [6.45, 7) is 1.61. The van der Waals surface area contributed by atoms with Crippen molar-refractivity contribution in [3.8, 4) is 11.4 Å². The second-order valence-corrected chi connectivity index (χ2v) is 6.74. The summed E-state index contributed by atoms with van der Waals surface area (Å²) < 4.78 is 17.4. The monoisotopic (exact) mass is 349 g/mol. The molecule has 0 amide bonds. The number of nitrogens with one attached hydrogen (secondary N) is 1. The number of benzene rings is 1. The van der Waals surface area contributed by atoms with E-state index in [1.54, 1.807) is 23.5 Å². The van der Waals surface area contributed by atoms with Crippen LogP contribution in [-0.2, 0) is 20.3 Å². The molecule has 2 heterocycles. The number of quaternary nitrogens is 1. The largest absolute Gasteiger partial charge is 0.315 e. The van der Waals surface area contributed by atoms with Crippen molar-refractivity contribution in [1.82, 2.24) is 14.3 Å². The third-order valence-corrected chi connectivity index (χ3v) is 4.87. The van der Waals surface area contributed by atoms with E-state index in [-0.39, 0.29) is 5.82 Å². The lowest BCUT2D eigenvalue weighted by atomic mass is 10.2. The van der Waals surface area contributed by atoms with Gasteiger partial charge in [0.15, 0.2) is 12.5 Å². The zero-order valence-electron chi connectivity index (χ0n) is 13.0. The highest BCUT2D eigenvalue weighted by atomic mass is 32.1. The maximum atomic E-state index is 13.1. The van der Waals surface area contributed by atoms with Crippen molar-refractivity contribution < 1.29 is 9.29 Å². The predicted octanol–water partition coefficient (Wildman–Crippen LogP) is 2.49. The van der Waals surface area contributed by atoms with E-state index in [1.807, 2.05) is 16.3 Å². The minimum Gasteiger partial charge on any atom is -0.315 e. The average molecular weight is 349 g/mol. The normalized spacial score (nSPS) is 12.5. The Hall–Kier alpha value is -1.83. The first kappa shape index (κ1) is 16.0. The van der Waals surface area contributed by atoms with E-state index >= 15 is 0 Å². The van der Waals surface area contributed by atoms with Gasteiger partial charge in [-0.2, -0.15) is 16.0 Å². The van der Waals surface area contributed by atoms with Crippen LogP contribution in [-0.4, -0.2) is 21.4 Å². The lowest BCUT2D eigenvalue weighted by Crippen LogP contribution is -3.06. The highest BCUT2D eigenvalue weighted by Gasteiger charge is 2.13. The molecule has 7 heteroatoms. The molecule has 2 aromatic heterocycles. The summed E-state index contributed by atoms with van der Waals surface area (Å²) in [5, 5.41) is 8.86. The maximum Gasteiger partial charge on any atom is 0.202 e. The van der Waals surface area contributed by atoms with Crippen LogP contribution in [0.5, 0.6) is 0 Å². The van der Waals surface area contributed by atoms with E-state index in [0.717, 1.165) is 17.9 Å². The fourth-order valence-corrected chi connectivity index (χ4v) is 3.35. The van der Waals surface area contributed by atoms with E-state index in [2.05, 4.69) is 29.0 Å². The van der Waals surface area contributed by atoms with Crippen molar-refractivity contribution >= 4 is 23.6 Å². The van der Waals surface area contributed by atoms with Crippen LogP contribution in [0.3, 0.4) is 0 Å². The van der Waals surface area contributed by atoms with E-state index in [0.29, 0.717) is 11.4 Å². The summed E-state index contributed by atoms with van der Waals surface area (Å²) in [6, 6.07) is 8.45. The van der Waals surface area contributed by atoms with Crippen molar-refractivity contribution in [3.05, 3.63) is 57.2 Å². The molecule has 0 fully saturated rings. The molecule has 0 aliphatic carbocycles. The van der Waals surface area contributed by atoms with Gasteiger partial charge in [0.2, 0.25) is 4.77 Å². The molecule has 0 saturated heterocycles. The molecule has 120 valence electrons. The number of hydrogen-bond acceptors (Lipinski definition) is 3. The van der Waals surface area contributed by atoms with Crippen LogP contribution in [0, 0.1) is 10.6 Å². The quantitative estimate of drug-likeness (QED) is 0.717. The molecular formula is C16H18FN4S2+. The second-order valence-electron chi connectivity index (χ2n) is 5.60. The Bertz CT molecular complexity index is 834. The lowest BCUT2D eigenvalue weighted by molar-refractivity contribution is -0.917. The molecule has 3 aromatic rings. The Kier molecular flexibility index (Phi) is 4.70. The molecule has 23 heavy (non-hydrogen) atoms. The molecule has 1 unspecified atom stereocenters. The van der Waals surface area contributed by atoms with Gasteiger partial charge in [0.05, 0.1) is 7.05 Å². The highest BCUT2D eigenvalue weighted by Crippen LogP contribution is 2.17. The predicted molar refractivity (Wildman–Crippen MR) is 92.3 cm³/mol. The van der Waals surface area contributed by atoms with E-state index < -0.39 is 0 Å². The molecular weight excluding hydrogens is 331 g/mol. The van der Waals surface area contributed by atoms with Crippen molar-refractivity contribution in [2.75, 3.05) is 7.05 Å². The van der Waals surface area contributed by atoms with Crippen LogP contribution >= 0.6 is 23.6 Å². The Morgan fingerprint density at radius 1 is 1.26 bits per heavy atom. The van der Waals surface area contributed by atoms with Crippen molar-refractivity contribution in [2.24, 2.45) is 7.05 Å². The van der Waals surface area contributed by atoms with Crippen LogP contribution in [0.1, 0.15) is 5.56 Å². The summed E-state index contributed by atoms with van der Waals surface area (Å²) in [7, 11) is 4.00. The number of aromatic nitrogens is 3. The number of rotatable bonds is 5.